The maximum atomic E-state index is 13.8. The molecule has 2 amide bonds. The van der Waals surface area contributed by atoms with Crippen LogP contribution < -0.4 is 11.1 Å². The van der Waals surface area contributed by atoms with Gasteiger partial charge in [0.05, 0.1) is 10.6 Å². The number of anilines is 1. The van der Waals surface area contributed by atoms with E-state index >= 15 is 0 Å². The molecule has 27 heavy (non-hydrogen) atoms. The molecule has 0 aliphatic heterocycles. The number of amides is 2. The lowest BCUT2D eigenvalue weighted by Crippen LogP contribution is -2.13. The first-order chi connectivity index (χ1) is 12.9. The van der Waals surface area contributed by atoms with Crippen LogP contribution in [-0.4, -0.2) is 11.8 Å². The Morgan fingerprint density at radius 1 is 1.11 bits per heavy atom. The van der Waals surface area contributed by atoms with Crippen LogP contribution in [0.25, 0.3) is 16.5 Å². The summed E-state index contributed by atoms with van der Waals surface area (Å²) < 4.78 is 13.8. The summed E-state index contributed by atoms with van der Waals surface area (Å²) >= 11 is 7.25. The molecule has 0 fully saturated rings. The Kier molecular flexibility index (Phi) is 5.69. The number of primary amides is 1. The zero-order valence-electron chi connectivity index (χ0n) is 13.9. The highest BCUT2D eigenvalue weighted by molar-refractivity contribution is 7.16. The normalized spacial score (nSPS) is 10.9. The van der Waals surface area contributed by atoms with Gasteiger partial charge in [-0.05, 0) is 42.5 Å². The quantitative estimate of drug-likeness (QED) is 0.594. The molecule has 136 valence electrons. The molecule has 0 bridgehead atoms. The standard InChI is InChI=1S/C20H14ClFN2O2S/c21-16-8-5-12(11-15(16)20(23)26)24-19(25)10-7-13-6-9-18(27-13)14-3-1-2-4-17(14)22/h1-11H,(H2,23,26)(H,24,25)/b10-7+. The molecule has 7 heteroatoms. The van der Waals surface area contributed by atoms with Crippen molar-refractivity contribution in [2.24, 2.45) is 5.73 Å². The van der Waals surface area contributed by atoms with Gasteiger partial charge in [0.1, 0.15) is 5.82 Å². The summed E-state index contributed by atoms with van der Waals surface area (Å²) in [7, 11) is 0. The van der Waals surface area contributed by atoms with E-state index in [0.717, 1.165) is 9.75 Å². The van der Waals surface area contributed by atoms with E-state index in [9.17, 15) is 14.0 Å². The Balaban J connectivity index is 1.70. The summed E-state index contributed by atoms with van der Waals surface area (Å²) in [5.74, 6) is -1.35. The summed E-state index contributed by atoms with van der Waals surface area (Å²) in [5.41, 5.74) is 6.29. The first-order valence-electron chi connectivity index (χ1n) is 7.87. The average molecular weight is 401 g/mol. The largest absolute Gasteiger partial charge is 0.366 e. The molecule has 1 heterocycles. The minimum atomic E-state index is -0.675. The van der Waals surface area contributed by atoms with Gasteiger partial charge in [0.2, 0.25) is 11.8 Å². The number of hydrogen-bond donors (Lipinski definition) is 2. The highest BCUT2D eigenvalue weighted by Crippen LogP contribution is 2.30. The lowest BCUT2D eigenvalue weighted by molar-refractivity contribution is -0.111. The molecule has 0 atom stereocenters. The van der Waals surface area contributed by atoms with Crippen LogP contribution in [0.5, 0.6) is 0 Å². The monoisotopic (exact) mass is 400 g/mol. The van der Waals surface area contributed by atoms with Crippen molar-refractivity contribution in [3.8, 4) is 10.4 Å². The fourth-order valence-corrected chi connectivity index (χ4v) is 3.53. The van der Waals surface area contributed by atoms with Gasteiger partial charge < -0.3 is 11.1 Å². The summed E-state index contributed by atoms with van der Waals surface area (Å²) in [4.78, 5) is 25.0. The number of hydrogen-bond acceptors (Lipinski definition) is 3. The number of rotatable bonds is 5. The Hall–Kier alpha value is -2.96. The summed E-state index contributed by atoms with van der Waals surface area (Å²) in [6.45, 7) is 0. The number of thiophene rings is 1. The van der Waals surface area contributed by atoms with E-state index in [4.69, 9.17) is 17.3 Å². The molecule has 0 saturated heterocycles. The van der Waals surface area contributed by atoms with Gasteiger partial charge in [0.25, 0.3) is 0 Å². The topological polar surface area (TPSA) is 72.2 Å². The Morgan fingerprint density at radius 3 is 2.63 bits per heavy atom. The number of carbonyl (C=O) groups excluding carboxylic acids is 2. The van der Waals surface area contributed by atoms with Crippen molar-refractivity contribution < 1.29 is 14.0 Å². The van der Waals surface area contributed by atoms with E-state index in [1.807, 2.05) is 6.07 Å². The van der Waals surface area contributed by atoms with Crippen LogP contribution in [0, 0.1) is 5.82 Å². The van der Waals surface area contributed by atoms with Crippen molar-refractivity contribution in [2.45, 2.75) is 0 Å². The molecule has 0 aliphatic rings. The van der Waals surface area contributed by atoms with Crippen molar-refractivity contribution in [1.82, 2.24) is 0 Å². The smallest absolute Gasteiger partial charge is 0.250 e. The van der Waals surface area contributed by atoms with Crippen LogP contribution in [0.15, 0.2) is 60.7 Å². The van der Waals surface area contributed by atoms with Gasteiger partial charge in [0, 0.05) is 27.1 Å². The molecule has 4 nitrogen and oxygen atoms in total. The third-order valence-corrected chi connectivity index (χ3v) is 5.08. The molecule has 0 saturated carbocycles. The Morgan fingerprint density at radius 2 is 1.89 bits per heavy atom. The van der Waals surface area contributed by atoms with Crippen LogP contribution in [0.1, 0.15) is 15.2 Å². The fraction of sp³-hybridized carbons (Fsp3) is 0. The Bertz CT molecular complexity index is 1050. The molecule has 1 aromatic heterocycles. The molecule has 0 spiro atoms. The molecule has 3 aromatic rings. The van der Waals surface area contributed by atoms with Crippen LogP contribution in [0.3, 0.4) is 0 Å². The third kappa shape index (κ3) is 4.61. The van der Waals surface area contributed by atoms with E-state index in [0.29, 0.717) is 11.3 Å². The van der Waals surface area contributed by atoms with Crippen molar-refractivity contribution in [3.63, 3.8) is 0 Å². The number of carbonyl (C=O) groups is 2. The lowest BCUT2D eigenvalue weighted by atomic mass is 10.2. The number of halogens is 2. The molecule has 3 rings (SSSR count). The van der Waals surface area contributed by atoms with E-state index < -0.39 is 5.91 Å². The van der Waals surface area contributed by atoms with E-state index in [2.05, 4.69) is 5.32 Å². The maximum Gasteiger partial charge on any atom is 0.250 e. The van der Waals surface area contributed by atoms with Gasteiger partial charge >= 0.3 is 0 Å². The van der Waals surface area contributed by atoms with Crippen molar-refractivity contribution in [1.29, 1.82) is 0 Å². The van der Waals surface area contributed by atoms with Gasteiger partial charge in [-0.25, -0.2) is 4.39 Å². The predicted octanol–water partition coefficient (Wildman–Crippen LogP) is 4.96. The second-order valence-electron chi connectivity index (χ2n) is 5.56. The van der Waals surface area contributed by atoms with Crippen molar-refractivity contribution in [2.75, 3.05) is 5.32 Å². The highest BCUT2D eigenvalue weighted by Gasteiger charge is 2.09. The van der Waals surface area contributed by atoms with Crippen LogP contribution in [0.2, 0.25) is 5.02 Å². The second kappa shape index (κ2) is 8.16. The molecule has 0 aliphatic carbocycles. The first kappa shape index (κ1) is 18.8. The van der Waals surface area contributed by atoms with Gasteiger partial charge in [-0.3, -0.25) is 9.59 Å². The van der Waals surface area contributed by atoms with Gasteiger partial charge in [0.15, 0.2) is 0 Å². The molecule has 3 N–H and O–H groups in total. The minimum Gasteiger partial charge on any atom is -0.366 e. The molecule has 2 aromatic carbocycles. The summed E-state index contributed by atoms with van der Waals surface area (Å²) in [5, 5.41) is 2.85. The molecule has 0 radical (unpaired) electrons. The highest BCUT2D eigenvalue weighted by atomic mass is 35.5. The summed E-state index contributed by atoms with van der Waals surface area (Å²) in [6, 6.07) is 14.6. The van der Waals surface area contributed by atoms with Crippen LogP contribution >= 0.6 is 22.9 Å². The van der Waals surface area contributed by atoms with E-state index in [1.54, 1.807) is 36.4 Å². The van der Waals surface area contributed by atoms with Crippen LogP contribution in [-0.2, 0) is 4.79 Å². The molecular formula is C20H14ClFN2O2S. The van der Waals surface area contributed by atoms with Crippen molar-refractivity contribution >= 4 is 46.5 Å². The number of nitrogens with two attached hydrogens (primary N) is 1. The average Bonchev–Trinajstić information content (AvgIpc) is 3.10. The first-order valence-corrected chi connectivity index (χ1v) is 9.06. The van der Waals surface area contributed by atoms with Gasteiger partial charge in [-0.15, -0.1) is 11.3 Å². The van der Waals surface area contributed by atoms with E-state index in [1.165, 1.54) is 35.6 Å². The van der Waals surface area contributed by atoms with Gasteiger partial charge in [-0.1, -0.05) is 29.8 Å². The fourth-order valence-electron chi connectivity index (χ4n) is 2.38. The van der Waals surface area contributed by atoms with Crippen molar-refractivity contribution in [3.05, 3.63) is 82.0 Å². The zero-order chi connectivity index (χ0) is 19.4. The third-order valence-electron chi connectivity index (χ3n) is 3.66. The number of benzene rings is 2. The summed E-state index contributed by atoms with van der Waals surface area (Å²) in [6.07, 6.45) is 2.99. The second-order valence-corrected chi connectivity index (χ2v) is 7.09. The predicted molar refractivity (Wildman–Crippen MR) is 107 cm³/mol. The SMILES string of the molecule is NC(=O)c1cc(NC(=O)/C=C/c2ccc(-c3ccccc3F)s2)ccc1Cl. The van der Waals surface area contributed by atoms with E-state index in [-0.39, 0.29) is 22.3 Å². The molecular weight excluding hydrogens is 387 g/mol. The maximum absolute atomic E-state index is 13.8. The Labute approximate surface area is 164 Å². The lowest BCUT2D eigenvalue weighted by Gasteiger charge is -2.05. The van der Waals surface area contributed by atoms with Gasteiger partial charge in [-0.2, -0.15) is 0 Å². The molecule has 0 unspecified atom stereocenters. The minimum absolute atomic E-state index is 0.131. The zero-order valence-corrected chi connectivity index (χ0v) is 15.5. The van der Waals surface area contributed by atoms with Crippen LogP contribution in [0.4, 0.5) is 10.1 Å². The number of nitrogens with one attached hydrogen (secondary N) is 1.